The second-order valence-corrected chi connectivity index (χ2v) is 8.39. The molecule has 0 N–H and O–H groups in total. The van der Waals surface area contributed by atoms with Crippen LogP contribution in [0, 0.1) is 12.3 Å². The maximum absolute atomic E-state index is 5.27. The van der Waals surface area contributed by atoms with Gasteiger partial charge in [-0.1, -0.05) is 18.2 Å². The molecule has 1 aromatic heterocycles. The molecule has 0 bridgehead atoms. The summed E-state index contributed by atoms with van der Waals surface area (Å²) in [6.45, 7) is 8.96. The van der Waals surface area contributed by atoms with Gasteiger partial charge < -0.3 is 4.74 Å². The van der Waals surface area contributed by atoms with Gasteiger partial charge in [0.05, 0.1) is 12.8 Å². The van der Waals surface area contributed by atoms with Gasteiger partial charge in [-0.3, -0.25) is 14.8 Å². The summed E-state index contributed by atoms with van der Waals surface area (Å²) in [6, 6.07) is 14.9. The lowest BCUT2D eigenvalue weighted by atomic mass is 9.79. The Morgan fingerprint density at radius 3 is 2.48 bits per heavy atom. The quantitative estimate of drug-likeness (QED) is 0.804. The van der Waals surface area contributed by atoms with Crippen LogP contribution in [-0.4, -0.2) is 48.1 Å². The van der Waals surface area contributed by atoms with E-state index in [2.05, 4.69) is 59.2 Å². The molecule has 2 aromatic rings. The number of hydrogen-bond donors (Lipinski definition) is 0. The van der Waals surface area contributed by atoms with E-state index >= 15 is 0 Å². The van der Waals surface area contributed by atoms with E-state index in [0.717, 1.165) is 24.5 Å². The molecule has 1 aromatic carbocycles. The molecule has 1 spiro atoms. The lowest BCUT2D eigenvalue weighted by molar-refractivity contribution is 0.0857. The highest BCUT2D eigenvalue weighted by Crippen LogP contribution is 2.39. The monoisotopic (exact) mass is 365 g/mol. The minimum absolute atomic E-state index is 0.467. The summed E-state index contributed by atoms with van der Waals surface area (Å²) in [4.78, 5) is 9.97. The van der Waals surface area contributed by atoms with Gasteiger partial charge in [-0.2, -0.15) is 0 Å². The van der Waals surface area contributed by atoms with Gasteiger partial charge >= 0.3 is 0 Å². The highest BCUT2D eigenvalue weighted by molar-refractivity contribution is 5.27. The highest BCUT2D eigenvalue weighted by atomic mass is 16.5. The lowest BCUT2D eigenvalue weighted by Crippen LogP contribution is -2.44. The van der Waals surface area contributed by atoms with E-state index in [4.69, 9.17) is 9.72 Å². The Kier molecular flexibility index (Phi) is 5.46. The molecule has 0 amide bonds. The Bertz CT molecular complexity index is 760. The summed E-state index contributed by atoms with van der Waals surface area (Å²) < 4.78 is 5.27. The van der Waals surface area contributed by atoms with Crippen LogP contribution in [0.4, 0.5) is 0 Å². The Morgan fingerprint density at radius 2 is 1.74 bits per heavy atom. The molecule has 2 fully saturated rings. The number of nitrogens with zero attached hydrogens (tertiary/aromatic N) is 3. The van der Waals surface area contributed by atoms with E-state index in [1.807, 2.05) is 0 Å². The molecule has 4 rings (SSSR count). The third kappa shape index (κ3) is 4.50. The largest absolute Gasteiger partial charge is 0.497 e. The van der Waals surface area contributed by atoms with Crippen LogP contribution in [0.1, 0.15) is 36.2 Å². The summed E-state index contributed by atoms with van der Waals surface area (Å²) in [6.07, 6.45) is 3.99. The Labute approximate surface area is 163 Å². The topological polar surface area (TPSA) is 28.6 Å². The van der Waals surface area contributed by atoms with Crippen LogP contribution in [-0.2, 0) is 13.1 Å². The van der Waals surface area contributed by atoms with Gasteiger partial charge in [-0.05, 0) is 74.5 Å². The van der Waals surface area contributed by atoms with Crippen molar-refractivity contribution in [2.75, 3.05) is 33.3 Å². The summed E-state index contributed by atoms with van der Waals surface area (Å²) in [5, 5.41) is 0. The molecule has 0 aliphatic carbocycles. The fourth-order valence-electron chi connectivity index (χ4n) is 4.85. The SMILES string of the molecule is COc1ccc(CN2CC[C@]3(CCCN(Cc4cccc(C)n4)C3)C2)cc1. The minimum atomic E-state index is 0.467. The molecule has 2 saturated heterocycles. The first kappa shape index (κ1) is 18.5. The lowest BCUT2D eigenvalue weighted by Gasteiger charge is -2.40. The number of hydrogen-bond acceptors (Lipinski definition) is 4. The molecule has 27 heavy (non-hydrogen) atoms. The third-order valence-electron chi connectivity index (χ3n) is 6.15. The molecule has 4 heteroatoms. The van der Waals surface area contributed by atoms with E-state index in [-0.39, 0.29) is 0 Å². The molecule has 0 radical (unpaired) electrons. The molecular formula is C23H31N3O. The van der Waals surface area contributed by atoms with E-state index < -0.39 is 0 Å². The van der Waals surface area contributed by atoms with E-state index in [1.54, 1.807) is 7.11 Å². The standard InChI is InChI=1S/C23H31N3O/c1-19-5-3-6-21(24-19)16-25-13-4-11-23(17-25)12-14-26(18-23)15-20-7-9-22(27-2)10-8-20/h3,5-10H,4,11-18H2,1-2H3/t23-/m0/s1. The van der Waals surface area contributed by atoms with Crippen molar-refractivity contribution in [1.29, 1.82) is 0 Å². The number of piperidine rings is 1. The number of aryl methyl sites for hydroxylation is 1. The van der Waals surface area contributed by atoms with Crippen LogP contribution in [0.2, 0.25) is 0 Å². The van der Waals surface area contributed by atoms with Crippen LogP contribution in [0.5, 0.6) is 5.75 Å². The van der Waals surface area contributed by atoms with Crippen molar-refractivity contribution >= 4 is 0 Å². The predicted molar refractivity (Wildman–Crippen MR) is 109 cm³/mol. The number of rotatable bonds is 5. The average Bonchev–Trinajstić information content (AvgIpc) is 3.04. The fraction of sp³-hybridized carbons (Fsp3) is 0.522. The molecule has 2 aliphatic rings. The van der Waals surface area contributed by atoms with Crippen LogP contribution in [0.15, 0.2) is 42.5 Å². The van der Waals surface area contributed by atoms with Gasteiger partial charge in [0.2, 0.25) is 0 Å². The normalized spacial score (nSPS) is 23.8. The number of ether oxygens (including phenoxy) is 1. The summed E-state index contributed by atoms with van der Waals surface area (Å²) >= 11 is 0. The van der Waals surface area contributed by atoms with Crippen molar-refractivity contribution in [2.24, 2.45) is 5.41 Å². The number of benzene rings is 1. The van der Waals surface area contributed by atoms with Crippen LogP contribution < -0.4 is 4.74 Å². The van der Waals surface area contributed by atoms with Gasteiger partial charge in [0.25, 0.3) is 0 Å². The molecular weight excluding hydrogens is 334 g/mol. The molecule has 0 unspecified atom stereocenters. The summed E-state index contributed by atoms with van der Waals surface area (Å²) in [5.41, 5.74) is 4.17. The second-order valence-electron chi connectivity index (χ2n) is 8.39. The molecule has 1 atom stereocenters. The van der Waals surface area contributed by atoms with Crippen LogP contribution in [0.25, 0.3) is 0 Å². The van der Waals surface area contributed by atoms with E-state index in [9.17, 15) is 0 Å². The number of pyridine rings is 1. The smallest absolute Gasteiger partial charge is 0.118 e. The highest BCUT2D eigenvalue weighted by Gasteiger charge is 2.41. The van der Waals surface area contributed by atoms with Crippen molar-refractivity contribution in [3.05, 3.63) is 59.4 Å². The van der Waals surface area contributed by atoms with E-state index in [0.29, 0.717) is 5.41 Å². The van der Waals surface area contributed by atoms with Crippen LogP contribution in [0.3, 0.4) is 0 Å². The van der Waals surface area contributed by atoms with Crippen molar-refractivity contribution in [3.8, 4) is 5.75 Å². The Morgan fingerprint density at radius 1 is 0.963 bits per heavy atom. The predicted octanol–water partition coefficient (Wildman–Crippen LogP) is 3.89. The number of methoxy groups -OCH3 is 1. The second kappa shape index (κ2) is 7.99. The molecule has 2 aliphatic heterocycles. The maximum atomic E-state index is 5.27. The molecule has 4 nitrogen and oxygen atoms in total. The number of likely N-dealkylation sites (tertiary alicyclic amines) is 2. The average molecular weight is 366 g/mol. The molecule has 3 heterocycles. The first-order chi connectivity index (χ1) is 13.1. The first-order valence-corrected chi connectivity index (χ1v) is 10.1. The van der Waals surface area contributed by atoms with Crippen LogP contribution >= 0.6 is 0 Å². The van der Waals surface area contributed by atoms with Crippen molar-refractivity contribution in [2.45, 2.75) is 39.3 Å². The van der Waals surface area contributed by atoms with Gasteiger partial charge in [-0.15, -0.1) is 0 Å². The zero-order valence-electron chi connectivity index (χ0n) is 16.7. The molecule has 0 saturated carbocycles. The van der Waals surface area contributed by atoms with Crippen molar-refractivity contribution in [1.82, 2.24) is 14.8 Å². The van der Waals surface area contributed by atoms with E-state index in [1.165, 1.54) is 56.7 Å². The molecule has 144 valence electrons. The zero-order chi connectivity index (χ0) is 18.7. The third-order valence-corrected chi connectivity index (χ3v) is 6.15. The van der Waals surface area contributed by atoms with Crippen molar-refractivity contribution < 1.29 is 4.74 Å². The minimum Gasteiger partial charge on any atom is -0.497 e. The van der Waals surface area contributed by atoms with Gasteiger partial charge in [-0.25, -0.2) is 0 Å². The number of aromatic nitrogens is 1. The van der Waals surface area contributed by atoms with Gasteiger partial charge in [0, 0.05) is 31.9 Å². The van der Waals surface area contributed by atoms with Crippen molar-refractivity contribution in [3.63, 3.8) is 0 Å². The Hall–Kier alpha value is -1.91. The van der Waals surface area contributed by atoms with Gasteiger partial charge in [0.15, 0.2) is 0 Å². The fourth-order valence-corrected chi connectivity index (χ4v) is 4.85. The first-order valence-electron chi connectivity index (χ1n) is 10.1. The Balaban J connectivity index is 1.35. The summed E-state index contributed by atoms with van der Waals surface area (Å²) in [5.74, 6) is 0.935. The maximum Gasteiger partial charge on any atom is 0.118 e. The summed E-state index contributed by atoms with van der Waals surface area (Å²) in [7, 11) is 1.72. The zero-order valence-corrected chi connectivity index (χ0v) is 16.7. The van der Waals surface area contributed by atoms with Gasteiger partial charge in [0.1, 0.15) is 5.75 Å².